The molecule has 9 heteroatoms. The van der Waals surface area contributed by atoms with Crippen molar-refractivity contribution in [3.63, 3.8) is 0 Å². The number of carbonyl (C=O) groups is 1. The number of Topliss-reactive ketones (excluding diaryl/α,β-unsaturated/α-hetero) is 1. The lowest BCUT2D eigenvalue weighted by Gasteiger charge is -2.25. The van der Waals surface area contributed by atoms with Gasteiger partial charge in [-0.15, -0.1) is 11.3 Å². The number of thiophene rings is 1. The molecule has 0 saturated carbocycles. The van der Waals surface area contributed by atoms with Gasteiger partial charge in [-0.2, -0.15) is 0 Å². The molecular formula is C21H23Cl2N3O2S2. The van der Waals surface area contributed by atoms with Crippen LogP contribution in [0.25, 0.3) is 0 Å². The van der Waals surface area contributed by atoms with Crippen molar-refractivity contribution < 1.29 is 9.00 Å². The minimum absolute atomic E-state index is 0.0370. The number of aliphatic imine (C=N–C) groups is 1. The Labute approximate surface area is 193 Å². The van der Waals surface area contributed by atoms with Crippen molar-refractivity contribution in [1.82, 2.24) is 4.72 Å². The van der Waals surface area contributed by atoms with Crippen LogP contribution in [-0.4, -0.2) is 26.6 Å². The number of allylic oxidation sites excluding steroid dienone is 1. The number of nitrogens with zero attached hydrogens (tertiary/aromatic N) is 1. The van der Waals surface area contributed by atoms with Crippen molar-refractivity contribution in [3.05, 3.63) is 68.0 Å². The van der Waals surface area contributed by atoms with Crippen molar-refractivity contribution in [1.29, 1.82) is 5.41 Å². The maximum Gasteiger partial charge on any atom is 0.207 e. The molecule has 0 bridgehead atoms. The molecular weight excluding hydrogens is 461 g/mol. The molecule has 5 nitrogen and oxygen atoms in total. The highest BCUT2D eigenvalue weighted by molar-refractivity contribution is 7.84. The van der Waals surface area contributed by atoms with Gasteiger partial charge in [-0.3, -0.25) is 15.2 Å². The summed E-state index contributed by atoms with van der Waals surface area (Å²) >= 11 is 13.2. The van der Waals surface area contributed by atoms with Gasteiger partial charge in [0.05, 0.1) is 32.2 Å². The zero-order valence-electron chi connectivity index (χ0n) is 17.1. The Morgan fingerprint density at radius 1 is 1.37 bits per heavy atom. The highest BCUT2D eigenvalue weighted by Crippen LogP contribution is 2.34. The second-order valence-corrected chi connectivity index (χ2v) is 11.5. The molecule has 30 heavy (non-hydrogen) atoms. The zero-order valence-corrected chi connectivity index (χ0v) is 20.2. The summed E-state index contributed by atoms with van der Waals surface area (Å²) in [6.07, 6.45) is 1.17. The standard InChI is InChI=1S/C21H23Cl2N3O2S2/c1-12-15(10-17(29-12)19(27)16(11-25-5)20(23)24)18(26-30(28)21(2,3)4)13-7-6-8-14(22)9-13/h6-11,18,24,26H,5H2,1-4H3/b16-11-,24-20?. The number of halogens is 2. The van der Waals surface area contributed by atoms with E-state index in [1.54, 1.807) is 18.2 Å². The van der Waals surface area contributed by atoms with E-state index in [0.29, 0.717) is 9.90 Å². The van der Waals surface area contributed by atoms with E-state index in [2.05, 4.69) is 16.4 Å². The summed E-state index contributed by atoms with van der Waals surface area (Å²) in [6.45, 7) is 10.9. The van der Waals surface area contributed by atoms with E-state index < -0.39 is 32.7 Å². The third kappa shape index (κ3) is 5.95. The minimum Gasteiger partial charge on any atom is -0.289 e. The number of aryl methyl sites for hydroxylation is 1. The van der Waals surface area contributed by atoms with Gasteiger partial charge in [-0.05, 0) is 63.7 Å². The van der Waals surface area contributed by atoms with Crippen molar-refractivity contribution in [2.75, 3.05) is 0 Å². The van der Waals surface area contributed by atoms with Crippen LogP contribution < -0.4 is 4.72 Å². The molecule has 2 aromatic rings. The number of carbonyl (C=O) groups excluding carboxylic acids is 1. The molecule has 0 amide bonds. The van der Waals surface area contributed by atoms with Gasteiger partial charge in [0.1, 0.15) is 5.17 Å². The van der Waals surface area contributed by atoms with Gasteiger partial charge >= 0.3 is 0 Å². The molecule has 2 unspecified atom stereocenters. The van der Waals surface area contributed by atoms with Crippen LogP contribution in [0.1, 0.15) is 52.5 Å². The number of nitrogens with one attached hydrogen (secondary N) is 2. The lowest BCUT2D eigenvalue weighted by atomic mass is 9.99. The summed E-state index contributed by atoms with van der Waals surface area (Å²) in [5.41, 5.74) is 1.59. The van der Waals surface area contributed by atoms with Gasteiger partial charge in [0, 0.05) is 16.1 Å². The first-order chi connectivity index (χ1) is 14.0. The lowest BCUT2D eigenvalue weighted by Crippen LogP contribution is -2.36. The zero-order chi connectivity index (χ0) is 22.6. The topological polar surface area (TPSA) is 82.4 Å². The second-order valence-electron chi connectivity index (χ2n) is 7.48. The average Bonchev–Trinajstić information content (AvgIpc) is 3.03. The summed E-state index contributed by atoms with van der Waals surface area (Å²) in [5, 5.41) is 7.78. The summed E-state index contributed by atoms with van der Waals surface area (Å²) in [5.74, 6) is -0.413. The maximum absolute atomic E-state index is 12.9. The van der Waals surface area contributed by atoms with Crippen LogP contribution in [0, 0.1) is 12.3 Å². The summed E-state index contributed by atoms with van der Waals surface area (Å²) in [4.78, 5) is 17.7. The monoisotopic (exact) mass is 483 g/mol. The SMILES string of the molecule is C=N/C=C(\C(=N)Cl)C(=O)c1cc(C(NS(=O)C(C)(C)C)c2cccc(Cl)c2)c(C)s1. The lowest BCUT2D eigenvalue weighted by molar-refractivity contribution is 0.104. The van der Waals surface area contributed by atoms with Crippen LogP contribution in [-0.2, 0) is 11.0 Å². The first-order valence-electron chi connectivity index (χ1n) is 8.94. The summed E-state index contributed by atoms with van der Waals surface area (Å²) in [7, 11) is -1.37. The van der Waals surface area contributed by atoms with Crippen molar-refractivity contribution in [2.45, 2.75) is 38.5 Å². The molecule has 1 aromatic heterocycles. The molecule has 2 rings (SSSR count). The molecule has 0 saturated heterocycles. The smallest absolute Gasteiger partial charge is 0.207 e. The molecule has 0 aliphatic heterocycles. The Morgan fingerprint density at radius 3 is 2.57 bits per heavy atom. The molecule has 1 aromatic carbocycles. The number of hydrogen-bond acceptors (Lipinski definition) is 5. The molecule has 0 aliphatic rings. The number of hydrogen-bond donors (Lipinski definition) is 2. The van der Waals surface area contributed by atoms with E-state index in [1.165, 1.54) is 17.5 Å². The summed E-state index contributed by atoms with van der Waals surface area (Å²) in [6, 6.07) is 8.58. The van der Waals surface area contributed by atoms with Crippen molar-refractivity contribution >= 4 is 63.2 Å². The normalized spacial score (nSPS) is 14.3. The Kier molecular flexibility index (Phi) is 8.30. The van der Waals surface area contributed by atoms with Crippen molar-refractivity contribution in [2.24, 2.45) is 4.99 Å². The minimum atomic E-state index is -1.37. The van der Waals surface area contributed by atoms with E-state index in [9.17, 15) is 9.00 Å². The van der Waals surface area contributed by atoms with Crippen LogP contribution in [0.3, 0.4) is 0 Å². The molecule has 1 heterocycles. The fraction of sp³-hybridized carbons (Fsp3) is 0.286. The highest BCUT2D eigenvalue weighted by Gasteiger charge is 2.28. The third-order valence-corrected chi connectivity index (χ3v) is 7.22. The third-order valence-electron chi connectivity index (χ3n) is 4.16. The summed E-state index contributed by atoms with van der Waals surface area (Å²) < 4.78 is 15.6. The molecule has 0 spiro atoms. The maximum atomic E-state index is 12.9. The first kappa shape index (κ1) is 24.6. The largest absolute Gasteiger partial charge is 0.289 e. The van der Waals surface area contributed by atoms with E-state index in [-0.39, 0.29) is 5.57 Å². The Morgan fingerprint density at radius 2 is 2.03 bits per heavy atom. The quantitative estimate of drug-likeness (QED) is 0.281. The van der Waals surface area contributed by atoms with Crippen LogP contribution in [0.5, 0.6) is 0 Å². The van der Waals surface area contributed by atoms with E-state index in [1.807, 2.05) is 39.8 Å². The molecule has 2 N–H and O–H groups in total. The number of ketones is 1. The molecule has 160 valence electrons. The first-order valence-corrected chi connectivity index (χ1v) is 11.7. The van der Waals surface area contributed by atoms with Gasteiger partial charge in [0.25, 0.3) is 0 Å². The van der Waals surface area contributed by atoms with Crippen LogP contribution >= 0.6 is 34.5 Å². The number of benzene rings is 1. The molecule has 2 atom stereocenters. The van der Waals surface area contributed by atoms with Crippen LogP contribution in [0.15, 0.2) is 47.1 Å². The predicted molar refractivity (Wildman–Crippen MR) is 129 cm³/mol. The highest BCUT2D eigenvalue weighted by atomic mass is 35.5. The Balaban J connectivity index is 2.56. The van der Waals surface area contributed by atoms with E-state index in [0.717, 1.165) is 16.0 Å². The Hall–Kier alpha value is -1.64. The second kappa shape index (κ2) is 10.1. The van der Waals surface area contributed by atoms with E-state index in [4.69, 9.17) is 28.6 Å². The Bertz CT molecular complexity index is 1040. The fourth-order valence-electron chi connectivity index (χ4n) is 2.61. The number of rotatable bonds is 8. The molecule has 0 aliphatic carbocycles. The fourth-order valence-corrected chi connectivity index (χ4v) is 4.79. The van der Waals surface area contributed by atoms with Crippen LogP contribution in [0.4, 0.5) is 0 Å². The average molecular weight is 484 g/mol. The van der Waals surface area contributed by atoms with Gasteiger partial charge < -0.3 is 0 Å². The predicted octanol–water partition coefficient (Wildman–Crippen LogP) is 5.83. The van der Waals surface area contributed by atoms with Crippen LogP contribution in [0.2, 0.25) is 5.02 Å². The van der Waals surface area contributed by atoms with Gasteiger partial charge in [0.15, 0.2) is 0 Å². The van der Waals surface area contributed by atoms with Gasteiger partial charge in [0.2, 0.25) is 5.78 Å². The van der Waals surface area contributed by atoms with Crippen molar-refractivity contribution in [3.8, 4) is 0 Å². The van der Waals surface area contributed by atoms with E-state index >= 15 is 0 Å². The molecule has 0 fully saturated rings. The van der Waals surface area contributed by atoms with Gasteiger partial charge in [-0.25, -0.2) is 8.93 Å². The van der Waals surface area contributed by atoms with Gasteiger partial charge in [-0.1, -0.05) is 35.3 Å². The molecule has 0 radical (unpaired) electrons.